The molecule has 3 atom stereocenters. The van der Waals surface area contributed by atoms with E-state index in [0.717, 1.165) is 34.7 Å². The normalized spacial score (nSPS) is 21.8. The van der Waals surface area contributed by atoms with Gasteiger partial charge in [0.25, 0.3) is 11.8 Å². The van der Waals surface area contributed by atoms with E-state index in [1.54, 1.807) is 29.1 Å². The summed E-state index contributed by atoms with van der Waals surface area (Å²) in [6, 6.07) is 12.1. The van der Waals surface area contributed by atoms with Crippen molar-refractivity contribution in [1.29, 1.82) is 0 Å². The van der Waals surface area contributed by atoms with E-state index in [9.17, 15) is 9.59 Å². The largest absolute Gasteiger partial charge is 0.349 e. The van der Waals surface area contributed by atoms with Crippen molar-refractivity contribution in [2.45, 2.75) is 26.3 Å². The molecule has 0 radical (unpaired) electrons. The number of nitrogens with zero attached hydrogens (tertiary/aromatic N) is 3. The molecule has 1 saturated heterocycles. The standard InChI is InChI=1S/C24H26N4O2S/c1-14-4-6-16(7-5-14)22-18(8-9-31-22)24(30)28-13-17-11-19(17)21(28)12-25-23(29)20-10-15(2)26-27(20)3/h4-10,17,19,21H,11-13H2,1-3H3,(H,25,29)/t17-,19-,21+/m0/s1. The van der Waals surface area contributed by atoms with Crippen LogP contribution < -0.4 is 5.32 Å². The predicted molar refractivity (Wildman–Crippen MR) is 121 cm³/mol. The van der Waals surface area contributed by atoms with Crippen LogP contribution in [-0.4, -0.2) is 45.6 Å². The Morgan fingerprint density at radius 1 is 1.19 bits per heavy atom. The maximum absolute atomic E-state index is 13.5. The molecule has 0 bridgehead atoms. The van der Waals surface area contributed by atoms with E-state index in [2.05, 4.69) is 41.6 Å². The van der Waals surface area contributed by atoms with E-state index in [1.165, 1.54) is 5.56 Å². The van der Waals surface area contributed by atoms with Crippen LogP contribution in [-0.2, 0) is 7.05 Å². The average molecular weight is 435 g/mol. The molecule has 0 unspecified atom stereocenters. The Morgan fingerprint density at radius 2 is 1.97 bits per heavy atom. The Kier molecular flexibility index (Phi) is 4.93. The molecule has 0 spiro atoms. The highest BCUT2D eigenvalue weighted by atomic mass is 32.1. The lowest BCUT2D eigenvalue weighted by Crippen LogP contribution is -2.45. The first kappa shape index (κ1) is 20.0. The molecule has 160 valence electrons. The fourth-order valence-corrected chi connectivity index (χ4v) is 5.63. The Labute approximate surface area is 185 Å². The van der Waals surface area contributed by atoms with Crippen molar-refractivity contribution in [1.82, 2.24) is 20.0 Å². The smallest absolute Gasteiger partial charge is 0.269 e. The number of rotatable bonds is 5. The summed E-state index contributed by atoms with van der Waals surface area (Å²) in [5.74, 6) is 0.973. The van der Waals surface area contributed by atoms with Crippen LogP contribution >= 0.6 is 11.3 Å². The van der Waals surface area contributed by atoms with Gasteiger partial charge in [0.05, 0.1) is 17.3 Å². The van der Waals surface area contributed by atoms with Crippen LogP contribution in [0.25, 0.3) is 10.4 Å². The van der Waals surface area contributed by atoms with E-state index in [-0.39, 0.29) is 17.9 Å². The first-order chi connectivity index (χ1) is 14.9. The number of amides is 2. The zero-order chi connectivity index (χ0) is 21.7. The molecular weight excluding hydrogens is 408 g/mol. The van der Waals surface area contributed by atoms with Gasteiger partial charge in [0.1, 0.15) is 5.69 Å². The predicted octanol–water partition coefficient (Wildman–Crippen LogP) is 3.66. The summed E-state index contributed by atoms with van der Waals surface area (Å²) in [4.78, 5) is 29.2. The third kappa shape index (κ3) is 3.67. The van der Waals surface area contributed by atoms with Gasteiger partial charge in [0.15, 0.2) is 0 Å². The lowest BCUT2D eigenvalue weighted by atomic mass is 10.1. The van der Waals surface area contributed by atoms with Gasteiger partial charge in [0.2, 0.25) is 0 Å². The molecule has 2 amide bonds. The first-order valence-corrected chi connectivity index (χ1v) is 11.5. The molecule has 3 aromatic rings. The van der Waals surface area contributed by atoms with Crippen LogP contribution in [0.2, 0.25) is 0 Å². The minimum absolute atomic E-state index is 0.0431. The number of likely N-dealkylation sites (tertiary alicyclic amines) is 1. The summed E-state index contributed by atoms with van der Waals surface area (Å²) in [6.45, 7) is 5.18. The summed E-state index contributed by atoms with van der Waals surface area (Å²) in [5, 5.41) is 9.28. The molecule has 1 aliphatic carbocycles. The maximum atomic E-state index is 13.5. The summed E-state index contributed by atoms with van der Waals surface area (Å²) < 4.78 is 1.60. The van der Waals surface area contributed by atoms with Crippen molar-refractivity contribution in [3.63, 3.8) is 0 Å². The highest BCUT2D eigenvalue weighted by molar-refractivity contribution is 7.14. The summed E-state index contributed by atoms with van der Waals surface area (Å²) >= 11 is 1.60. The van der Waals surface area contributed by atoms with E-state index in [1.807, 2.05) is 23.3 Å². The molecule has 2 aliphatic rings. The van der Waals surface area contributed by atoms with Gasteiger partial charge in [-0.1, -0.05) is 29.8 Å². The molecule has 1 aliphatic heterocycles. The molecule has 7 heteroatoms. The van der Waals surface area contributed by atoms with Gasteiger partial charge in [-0.3, -0.25) is 14.3 Å². The van der Waals surface area contributed by atoms with Crippen LogP contribution in [0.3, 0.4) is 0 Å². The number of nitrogens with one attached hydrogen (secondary N) is 1. The molecule has 1 aromatic carbocycles. The zero-order valence-corrected chi connectivity index (χ0v) is 18.8. The summed E-state index contributed by atoms with van der Waals surface area (Å²) in [7, 11) is 1.77. The lowest BCUT2D eigenvalue weighted by Gasteiger charge is -2.28. The average Bonchev–Trinajstić information content (AvgIpc) is 3.07. The number of aryl methyl sites for hydroxylation is 3. The van der Waals surface area contributed by atoms with Gasteiger partial charge in [-0.25, -0.2) is 0 Å². The number of carbonyl (C=O) groups is 2. The quantitative estimate of drug-likeness (QED) is 0.667. The van der Waals surface area contributed by atoms with Crippen LogP contribution in [0.5, 0.6) is 0 Å². The minimum atomic E-state index is -0.143. The van der Waals surface area contributed by atoms with Gasteiger partial charge in [-0.05, 0) is 55.2 Å². The number of piperidine rings is 1. The van der Waals surface area contributed by atoms with Crippen molar-refractivity contribution in [2.75, 3.05) is 13.1 Å². The van der Waals surface area contributed by atoms with Crippen molar-refractivity contribution >= 4 is 23.2 Å². The Hall–Kier alpha value is -2.93. The second-order valence-corrected chi connectivity index (χ2v) is 9.63. The fraction of sp³-hybridized carbons (Fsp3) is 0.375. The number of benzene rings is 1. The molecule has 31 heavy (non-hydrogen) atoms. The van der Waals surface area contributed by atoms with E-state index >= 15 is 0 Å². The third-order valence-electron chi connectivity index (χ3n) is 6.48. The Morgan fingerprint density at radius 3 is 2.68 bits per heavy atom. The first-order valence-electron chi connectivity index (χ1n) is 10.7. The van der Waals surface area contributed by atoms with Gasteiger partial charge < -0.3 is 10.2 Å². The molecule has 6 nitrogen and oxygen atoms in total. The lowest BCUT2D eigenvalue weighted by molar-refractivity contribution is 0.0695. The molecule has 2 fully saturated rings. The monoisotopic (exact) mass is 434 g/mol. The minimum Gasteiger partial charge on any atom is -0.349 e. The highest BCUT2D eigenvalue weighted by Gasteiger charge is 2.54. The Balaban J connectivity index is 1.33. The summed E-state index contributed by atoms with van der Waals surface area (Å²) in [5.41, 5.74) is 4.39. The number of thiophene rings is 1. The van der Waals surface area contributed by atoms with Crippen LogP contribution in [0.15, 0.2) is 41.8 Å². The second-order valence-electron chi connectivity index (χ2n) is 8.72. The van der Waals surface area contributed by atoms with Crippen molar-refractivity contribution < 1.29 is 9.59 Å². The SMILES string of the molecule is Cc1ccc(-c2sccc2C(=O)N2C[C@@H]3C[C@@H]3[C@H]2CNC(=O)c2cc(C)nn2C)cc1. The Bertz CT molecular complexity index is 1150. The van der Waals surface area contributed by atoms with Crippen LogP contribution in [0, 0.1) is 25.7 Å². The topological polar surface area (TPSA) is 67.2 Å². The molecular formula is C24H26N4O2S. The van der Waals surface area contributed by atoms with Gasteiger partial charge in [0, 0.05) is 25.0 Å². The maximum Gasteiger partial charge on any atom is 0.269 e. The highest BCUT2D eigenvalue weighted by Crippen LogP contribution is 2.50. The van der Waals surface area contributed by atoms with E-state index < -0.39 is 0 Å². The van der Waals surface area contributed by atoms with Crippen molar-refractivity contribution in [3.8, 4) is 10.4 Å². The molecule has 3 heterocycles. The van der Waals surface area contributed by atoms with Crippen molar-refractivity contribution in [2.24, 2.45) is 18.9 Å². The summed E-state index contributed by atoms with van der Waals surface area (Å²) in [6.07, 6.45) is 1.14. The van der Waals surface area contributed by atoms with Crippen LogP contribution in [0.4, 0.5) is 0 Å². The molecule has 2 aromatic heterocycles. The molecule has 5 rings (SSSR count). The molecule has 1 N–H and O–H groups in total. The molecule has 1 saturated carbocycles. The van der Waals surface area contributed by atoms with Gasteiger partial charge in [-0.15, -0.1) is 11.3 Å². The van der Waals surface area contributed by atoms with E-state index in [0.29, 0.717) is 24.1 Å². The second kappa shape index (κ2) is 7.64. The number of hydrogen-bond donors (Lipinski definition) is 1. The number of fused-ring (bicyclic) bond motifs is 1. The van der Waals surface area contributed by atoms with Gasteiger partial charge in [-0.2, -0.15) is 5.10 Å². The van der Waals surface area contributed by atoms with E-state index in [4.69, 9.17) is 0 Å². The third-order valence-corrected chi connectivity index (χ3v) is 7.44. The fourth-order valence-electron chi connectivity index (χ4n) is 4.74. The zero-order valence-electron chi connectivity index (χ0n) is 18.0. The number of carbonyl (C=O) groups excluding carboxylic acids is 2. The number of aromatic nitrogens is 2. The number of hydrogen-bond acceptors (Lipinski definition) is 4. The van der Waals surface area contributed by atoms with Gasteiger partial charge >= 0.3 is 0 Å². The van der Waals surface area contributed by atoms with Crippen molar-refractivity contribution in [3.05, 3.63) is 64.3 Å². The van der Waals surface area contributed by atoms with Crippen LogP contribution in [0.1, 0.15) is 38.5 Å².